The van der Waals surface area contributed by atoms with E-state index in [1.807, 2.05) is 24.4 Å². The van der Waals surface area contributed by atoms with Gasteiger partial charge in [-0.2, -0.15) is 0 Å². The highest BCUT2D eigenvalue weighted by molar-refractivity contribution is 5.82. The fraction of sp³-hybridized carbons (Fsp3) is 0.357. The molecule has 0 saturated heterocycles. The number of benzene rings is 1. The Kier molecular flexibility index (Phi) is 3.40. The number of ether oxygens (including phenoxy) is 1. The highest BCUT2D eigenvalue weighted by Crippen LogP contribution is 2.21. The van der Waals surface area contributed by atoms with Crippen LogP contribution in [-0.2, 0) is 0 Å². The first-order valence-electron chi connectivity index (χ1n) is 5.79. The Hall–Kier alpha value is -1.57. The van der Waals surface area contributed by atoms with Gasteiger partial charge in [0.25, 0.3) is 0 Å². The lowest BCUT2D eigenvalue weighted by atomic mass is 10.1. The van der Waals surface area contributed by atoms with E-state index in [2.05, 4.69) is 24.9 Å². The molecule has 0 bridgehead atoms. The summed E-state index contributed by atoms with van der Waals surface area (Å²) in [4.78, 5) is 4.35. The average molecular weight is 215 g/mol. The van der Waals surface area contributed by atoms with Gasteiger partial charge in [-0.15, -0.1) is 0 Å². The Morgan fingerprint density at radius 2 is 2.12 bits per heavy atom. The number of nitrogens with zero attached hydrogens (tertiary/aromatic N) is 1. The molecule has 1 aromatic carbocycles. The highest BCUT2D eigenvalue weighted by atomic mass is 16.5. The normalized spacial score (nSPS) is 10.6. The fourth-order valence-electron chi connectivity index (χ4n) is 1.70. The van der Waals surface area contributed by atoms with Gasteiger partial charge in [0.2, 0.25) is 0 Å². The molecule has 0 atom stereocenters. The van der Waals surface area contributed by atoms with Crippen LogP contribution in [0.25, 0.3) is 10.9 Å². The minimum Gasteiger partial charge on any atom is -0.494 e. The van der Waals surface area contributed by atoms with Crippen LogP contribution in [0.4, 0.5) is 0 Å². The third-order valence-corrected chi connectivity index (χ3v) is 2.70. The van der Waals surface area contributed by atoms with Gasteiger partial charge < -0.3 is 4.74 Å². The lowest BCUT2D eigenvalue weighted by Gasteiger charge is -2.07. The van der Waals surface area contributed by atoms with Crippen molar-refractivity contribution in [1.82, 2.24) is 4.98 Å². The second-order valence-corrected chi connectivity index (χ2v) is 4.01. The zero-order valence-electron chi connectivity index (χ0n) is 9.86. The first-order valence-corrected chi connectivity index (χ1v) is 5.79. The van der Waals surface area contributed by atoms with Crippen LogP contribution in [0.1, 0.15) is 25.3 Å². The summed E-state index contributed by atoms with van der Waals surface area (Å²) in [7, 11) is 0. The summed E-state index contributed by atoms with van der Waals surface area (Å²) in [5.74, 6) is 0.916. The largest absolute Gasteiger partial charge is 0.494 e. The van der Waals surface area contributed by atoms with Gasteiger partial charge in [-0.1, -0.05) is 13.3 Å². The third kappa shape index (κ3) is 2.32. The van der Waals surface area contributed by atoms with Crippen LogP contribution in [0.5, 0.6) is 5.75 Å². The molecule has 0 aliphatic rings. The second kappa shape index (κ2) is 4.97. The van der Waals surface area contributed by atoms with Crippen LogP contribution in [0.15, 0.2) is 30.5 Å². The SMILES string of the molecule is CCCCOc1ccc2c(C)ccnc2c1. The molecule has 2 heteroatoms. The van der Waals surface area contributed by atoms with E-state index in [0.29, 0.717) is 0 Å². The predicted molar refractivity (Wildman–Crippen MR) is 66.9 cm³/mol. The average Bonchev–Trinajstić information content (AvgIpc) is 2.30. The Morgan fingerprint density at radius 3 is 2.94 bits per heavy atom. The molecule has 2 nitrogen and oxygen atoms in total. The van der Waals surface area contributed by atoms with Crippen molar-refractivity contribution in [2.45, 2.75) is 26.7 Å². The lowest BCUT2D eigenvalue weighted by Crippen LogP contribution is -1.96. The van der Waals surface area contributed by atoms with E-state index in [1.165, 1.54) is 10.9 Å². The number of hydrogen-bond acceptors (Lipinski definition) is 2. The minimum absolute atomic E-state index is 0.786. The Balaban J connectivity index is 2.23. The molecule has 1 heterocycles. The Labute approximate surface area is 96.3 Å². The lowest BCUT2D eigenvalue weighted by molar-refractivity contribution is 0.310. The maximum absolute atomic E-state index is 5.65. The van der Waals surface area contributed by atoms with Gasteiger partial charge in [-0.25, -0.2) is 0 Å². The number of pyridine rings is 1. The van der Waals surface area contributed by atoms with Crippen molar-refractivity contribution in [3.05, 3.63) is 36.0 Å². The smallest absolute Gasteiger partial charge is 0.121 e. The van der Waals surface area contributed by atoms with Crippen LogP contribution in [0.3, 0.4) is 0 Å². The molecule has 16 heavy (non-hydrogen) atoms. The monoisotopic (exact) mass is 215 g/mol. The molecule has 2 aromatic rings. The van der Waals surface area contributed by atoms with Gasteiger partial charge in [0.15, 0.2) is 0 Å². The molecule has 0 N–H and O–H groups in total. The summed E-state index contributed by atoms with van der Waals surface area (Å²) in [5, 5.41) is 1.20. The quantitative estimate of drug-likeness (QED) is 0.725. The Morgan fingerprint density at radius 1 is 1.25 bits per heavy atom. The van der Waals surface area contributed by atoms with E-state index in [9.17, 15) is 0 Å². The molecule has 2 rings (SSSR count). The molecule has 0 aliphatic carbocycles. The summed E-state index contributed by atoms with van der Waals surface area (Å²) in [6, 6.07) is 8.14. The van der Waals surface area contributed by atoms with Crippen molar-refractivity contribution in [3.8, 4) is 5.75 Å². The highest BCUT2D eigenvalue weighted by Gasteiger charge is 2.00. The third-order valence-electron chi connectivity index (χ3n) is 2.70. The van der Waals surface area contributed by atoms with Gasteiger partial charge in [-0.3, -0.25) is 4.98 Å². The van der Waals surface area contributed by atoms with Gasteiger partial charge in [0, 0.05) is 17.6 Å². The number of unbranched alkanes of at least 4 members (excludes halogenated alkanes) is 1. The van der Waals surface area contributed by atoms with Crippen LogP contribution in [0, 0.1) is 6.92 Å². The number of aryl methyl sites for hydroxylation is 1. The van der Waals surface area contributed by atoms with Gasteiger partial charge in [0.05, 0.1) is 12.1 Å². The fourth-order valence-corrected chi connectivity index (χ4v) is 1.70. The van der Waals surface area contributed by atoms with Gasteiger partial charge in [-0.05, 0) is 37.1 Å². The van der Waals surface area contributed by atoms with Crippen molar-refractivity contribution in [1.29, 1.82) is 0 Å². The molecule has 0 unspecified atom stereocenters. The van der Waals surface area contributed by atoms with E-state index in [4.69, 9.17) is 4.74 Å². The van der Waals surface area contributed by atoms with Crippen LogP contribution < -0.4 is 4.74 Å². The van der Waals surface area contributed by atoms with Crippen molar-refractivity contribution in [2.24, 2.45) is 0 Å². The van der Waals surface area contributed by atoms with Crippen molar-refractivity contribution in [3.63, 3.8) is 0 Å². The maximum atomic E-state index is 5.65. The molecule has 1 aromatic heterocycles. The molecule has 0 radical (unpaired) electrons. The van der Waals surface area contributed by atoms with Gasteiger partial charge in [0.1, 0.15) is 5.75 Å². The predicted octanol–water partition coefficient (Wildman–Crippen LogP) is 3.72. The molecule has 0 spiro atoms. The standard InChI is InChI=1S/C14H17NO/c1-3-4-9-16-12-5-6-13-11(2)7-8-15-14(13)10-12/h5-8,10H,3-4,9H2,1-2H3. The molecule has 0 fully saturated rings. The van der Waals surface area contributed by atoms with Crippen LogP contribution >= 0.6 is 0 Å². The number of aromatic nitrogens is 1. The summed E-state index contributed by atoms with van der Waals surface area (Å²) >= 11 is 0. The van der Waals surface area contributed by atoms with Crippen LogP contribution in [-0.4, -0.2) is 11.6 Å². The topological polar surface area (TPSA) is 22.1 Å². The first kappa shape index (κ1) is 10.9. The molecule has 0 saturated carbocycles. The zero-order valence-corrected chi connectivity index (χ0v) is 9.86. The first-order chi connectivity index (χ1) is 7.81. The number of rotatable bonds is 4. The van der Waals surface area contributed by atoms with E-state index in [-0.39, 0.29) is 0 Å². The molecule has 0 aliphatic heterocycles. The summed E-state index contributed by atoms with van der Waals surface area (Å²) in [5.41, 5.74) is 2.26. The Bertz CT molecular complexity index is 479. The molecule has 84 valence electrons. The van der Waals surface area contributed by atoms with E-state index >= 15 is 0 Å². The summed E-state index contributed by atoms with van der Waals surface area (Å²) in [6.07, 6.45) is 4.09. The van der Waals surface area contributed by atoms with Crippen molar-refractivity contribution in [2.75, 3.05) is 6.61 Å². The minimum atomic E-state index is 0.786. The summed E-state index contributed by atoms with van der Waals surface area (Å²) in [6.45, 7) is 5.05. The van der Waals surface area contributed by atoms with E-state index in [0.717, 1.165) is 30.7 Å². The van der Waals surface area contributed by atoms with E-state index < -0.39 is 0 Å². The zero-order chi connectivity index (χ0) is 11.4. The van der Waals surface area contributed by atoms with Gasteiger partial charge >= 0.3 is 0 Å². The number of fused-ring (bicyclic) bond motifs is 1. The van der Waals surface area contributed by atoms with E-state index in [1.54, 1.807) is 0 Å². The molecular formula is C14H17NO. The number of hydrogen-bond donors (Lipinski definition) is 0. The summed E-state index contributed by atoms with van der Waals surface area (Å²) < 4.78 is 5.65. The maximum Gasteiger partial charge on any atom is 0.121 e. The second-order valence-electron chi connectivity index (χ2n) is 4.01. The van der Waals surface area contributed by atoms with Crippen LogP contribution in [0.2, 0.25) is 0 Å². The van der Waals surface area contributed by atoms with Crippen molar-refractivity contribution >= 4 is 10.9 Å². The molecule has 0 amide bonds. The molecular weight excluding hydrogens is 198 g/mol. The van der Waals surface area contributed by atoms with Crippen molar-refractivity contribution < 1.29 is 4.74 Å².